The zero-order chi connectivity index (χ0) is 12.4. The molecule has 18 heavy (non-hydrogen) atoms. The second-order valence-electron chi connectivity index (χ2n) is 4.57. The molecule has 0 radical (unpaired) electrons. The molecule has 4 heteroatoms. The van der Waals surface area contributed by atoms with Crippen molar-refractivity contribution in [3.63, 3.8) is 0 Å². The first-order valence-electron chi connectivity index (χ1n) is 6.16. The first kappa shape index (κ1) is 11.7. The minimum absolute atomic E-state index is 0.377. The number of ether oxygens (including phenoxy) is 1. The lowest BCUT2D eigenvalue weighted by Gasteiger charge is -2.27. The number of aryl methyl sites for hydroxylation is 1. The molecule has 1 aromatic carbocycles. The lowest BCUT2D eigenvalue weighted by atomic mass is 9.98. The highest BCUT2D eigenvalue weighted by Gasteiger charge is 2.20. The van der Waals surface area contributed by atoms with Crippen molar-refractivity contribution in [1.29, 1.82) is 0 Å². The van der Waals surface area contributed by atoms with Crippen LogP contribution in [0.2, 0.25) is 0 Å². The van der Waals surface area contributed by atoms with Crippen molar-refractivity contribution in [2.24, 2.45) is 0 Å². The molecule has 1 unspecified atom stereocenters. The van der Waals surface area contributed by atoms with E-state index in [1.807, 2.05) is 11.6 Å². The van der Waals surface area contributed by atoms with Gasteiger partial charge in [-0.3, -0.25) is 0 Å². The zero-order valence-electron chi connectivity index (χ0n) is 10.3. The van der Waals surface area contributed by atoms with Crippen LogP contribution in [-0.2, 0) is 13.0 Å². The van der Waals surface area contributed by atoms with Gasteiger partial charge in [0.2, 0.25) is 0 Å². The van der Waals surface area contributed by atoms with Crippen molar-refractivity contribution in [2.75, 3.05) is 6.61 Å². The third-order valence-corrected chi connectivity index (χ3v) is 4.06. The van der Waals surface area contributed by atoms with Gasteiger partial charge in [-0.25, -0.2) is 4.98 Å². The third-order valence-electron chi connectivity index (χ3n) is 3.28. The minimum atomic E-state index is 0.377. The van der Waals surface area contributed by atoms with E-state index in [4.69, 9.17) is 4.74 Å². The Morgan fingerprint density at radius 3 is 3.28 bits per heavy atom. The highest BCUT2D eigenvalue weighted by molar-refractivity contribution is 7.09. The monoisotopic (exact) mass is 260 g/mol. The average Bonchev–Trinajstić information content (AvgIpc) is 2.90. The maximum Gasteiger partial charge on any atom is 0.122 e. The number of fused-ring (bicyclic) bond motifs is 1. The average molecular weight is 260 g/mol. The van der Waals surface area contributed by atoms with Crippen molar-refractivity contribution in [3.8, 4) is 5.75 Å². The molecule has 0 bridgehead atoms. The fourth-order valence-electron chi connectivity index (χ4n) is 2.27. The summed E-state index contributed by atoms with van der Waals surface area (Å²) in [4.78, 5) is 4.28. The van der Waals surface area contributed by atoms with Crippen LogP contribution in [0.4, 0.5) is 0 Å². The Morgan fingerprint density at radius 1 is 1.50 bits per heavy atom. The first-order chi connectivity index (χ1) is 8.83. The van der Waals surface area contributed by atoms with E-state index in [9.17, 15) is 0 Å². The summed E-state index contributed by atoms with van der Waals surface area (Å²) in [5, 5.41) is 6.65. The number of hydrogen-bond donors (Lipinski definition) is 1. The van der Waals surface area contributed by atoms with E-state index in [0.29, 0.717) is 6.04 Å². The lowest BCUT2D eigenvalue weighted by Crippen LogP contribution is -2.39. The molecule has 1 aromatic heterocycles. The Hall–Kier alpha value is -1.39. The standard InChI is InChI=1S/C14H16N2OS/c1-10-3-2-4-13-12(10)7-11(9-17-13)16-8-14-15-5-6-18-14/h2-6,11,16H,7-9H2,1H3. The Balaban J connectivity index is 1.66. The fourth-order valence-corrected chi connectivity index (χ4v) is 2.84. The molecule has 1 atom stereocenters. The van der Waals surface area contributed by atoms with Gasteiger partial charge < -0.3 is 10.1 Å². The molecule has 1 aliphatic heterocycles. The number of rotatable bonds is 3. The molecule has 1 N–H and O–H groups in total. The number of aromatic nitrogens is 1. The van der Waals surface area contributed by atoms with Crippen molar-refractivity contribution in [2.45, 2.75) is 25.9 Å². The summed E-state index contributed by atoms with van der Waals surface area (Å²) < 4.78 is 5.81. The van der Waals surface area contributed by atoms with E-state index in [2.05, 4.69) is 35.4 Å². The number of nitrogens with zero attached hydrogens (tertiary/aromatic N) is 1. The Bertz CT molecular complexity index is 525. The second kappa shape index (κ2) is 5.08. The summed E-state index contributed by atoms with van der Waals surface area (Å²) in [6.07, 6.45) is 2.88. The molecule has 3 nitrogen and oxygen atoms in total. The van der Waals surface area contributed by atoms with Crippen LogP contribution in [0.3, 0.4) is 0 Å². The molecule has 3 rings (SSSR count). The molecule has 1 aliphatic rings. The molecule has 0 aliphatic carbocycles. The topological polar surface area (TPSA) is 34.2 Å². The molecular formula is C14H16N2OS. The molecule has 0 saturated heterocycles. The van der Waals surface area contributed by atoms with Gasteiger partial charge in [0.1, 0.15) is 17.4 Å². The number of thiazole rings is 1. The molecule has 2 aromatic rings. The molecular weight excluding hydrogens is 244 g/mol. The van der Waals surface area contributed by atoms with Crippen LogP contribution >= 0.6 is 11.3 Å². The summed E-state index contributed by atoms with van der Waals surface area (Å²) in [7, 11) is 0. The zero-order valence-corrected chi connectivity index (χ0v) is 11.2. The Kier molecular flexibility index (Phi) is 3.30. The van der Waals surface area contributed by atoms with E-state index in [0.717, 1.165) is 30.3 Å². The van der Waals surface area contributed by atoms with Gasteiger partial charge in [-0.2, -0.15) is 0 Å². The lowest BCUT2D eigenvalue weighted by molar-refractivity contribution is 0.237. The van der Waals surface area contributed by atoms with E-state index in [1.165, 1.54) is 11.1 Å². The van der Waals surface area contributed by atoms with Gasteiger partial charge in [-0.1, -0.05) is 12.1 Å². The smallest absolute Gasteiger partial charge is 0.122 e. The highest BCUT2D eigenvalue weighted by atomic mass is 32.1. The van der Waals surface area contributed by atoms with Crippen molar-refractivity contribution >= 4 is 11.3 Å². The van der Waals surface area contributed by atoms with Gasteiger partial charge in [0, 0.05) is 24.2 Å². The summed E-state index contributed by atoms with van der Waals surface area (Å²) in [6, 6.07) is 6.63. The second-order valence-corrected chi connectivity index (χ2v) is 5.55. The van der Waals surface area contributed by atoms with Gasteiger partial charge >= 0.3 is 0 Å². The minimum Gasteiger partial charge on any atom is -0.492 e. The summed E-state index contributed by atoms with van der Waals surface area (Å²) >= 11 is 1.69. The van der Waals surface area contributed by atoms with E-state index < -0.39 is 0 Å². The van der Waals surface area contributed by atoms with E-state index in [1.54, 1.807) is 11.3 Å². The molecule has 2 heterocycles. The molecule has 0 amide bonds. The van der Waals surface area contributed by atoms with Crippen LogP contribution in [0.15, 0.2) is 29.8 Å². The van der Waals surface area contributed by atoms with Crippen LogP contribution in [-0.4, -0.2) is 17.6 Å². The molecule has 0 saturated carbocycles. The first-order valence-corrected chi connectivity index (χ1v) is 7.04. The summed E-state index contributed by atoms with van der Waals surface area (Å²) in [5.41, 5.74) is 2.65. The molecule has 0 fully saturated rings. The van der Waals surface area contributed by atoms with Gasteiger partial charge in [0.15, 0.2) is 0 Å². The van der Waals surface area contributed by atoms with Crippen molar-refractivity contribution in [3.05, 3.63) is 45.9 Å². The quantitative estimate of drug-likeness (QED) is 0.921. The molecule has 94 valence electrons. The SMILES string of the molecule is Cc1cccc2c1CC(NCc1nccs1)CO2. The largest absolute Gasteiger partial charge is 0.492 e. The predicted octanol–water partition coefficient (Wildman–Crippen LogP) is 2.54. The van der Waals surface area contributed by atoms with Crippen LogP contribution in [0, 0.1) is 6.92 Å². The van der Waals surface area contributed by atoms with Gasteiger partial charge in [-0.15, -0.1) is 11.3 Å². The maximum absolute atomic E-state index is 5.81. The number of hydrogen-bond acceptors (Lipinski definition) is 4. The van der Waals surface area contributed by atoms with Gasteiger partial charge in [0.05, 0.1) is 0 Å². The van der Waals surface area contributed by atoms with Crippen molar-refractivity contribution < 1.29 is 4.74 Å². The Morgan fingerprint density at radius 2 is 2.44 bits per heavy atom. The van der Waals surface area contributed by atoms with E-state index >= 15 is 0 Å². The van der Waals surface area contributed by atoms with Crippen LogP contribution in [0.25, 0.3) is 0 Å². The van der Waals surface area contributed by atoms with Crippen molar-refractivity contribution in [1.82, 2.24) is 10.3 Å². The fraction of sp³-hybridized carbons (Fsp3) is 0.357. The molecule has 0 spiro atoms. The highest BCUT2D eigenvalue weighted by Crippen LogP contribution is 2.27. The number of nitrogens with one attached hydrogen (secondary N) is 1. The van der Waals surface area contributed by atoms with Gasteiger partial charge in [-0.05, 0) is 30.5 Å². The Labute approximate surface area is 111 Å². The van der Waals surface area contributed by atoms with Crippen LogP contribution in [0.5, 0.6) is 5.75 Å². The van der Waals surface area contributed by atoms with Gasteiger partial charge in [0.25, 0.3) is 0 Å². The third kappa shape index (κ3) is 2.40. The summed E-state index contributed by atoms with van der Waals surface area (Å²) in [6.45, 7) is 3.71. The van der Waals surface area contributed by atoms with E-state index in [-0.39, 0.29) is 0 Å². The normalized spacial score (nSPS) is 18.2. The number of benzene rings is 1. The summed E-state index contributed by atoms with van der Waals surface area (Å²) in [5.74, 6) is 1.04. The van der Waals surface area contributed by atoms with Crippen LogP contribution < -0.4 is 10.1 Å². The predicted molar refractivity (Wildman–Crippen MR) is 73.1 cm³/mol. The van der Waals surface area contributed by atoms with Crippen LogP contribution in [0.1, 0.15) is 16.1 Å². The maximum atomic E-state index is 5.81.